The van der Waals surface area contributed by atoms with Crippen molar-refractivity contribution in [2.24, 2.45) is 5.92 Å². The molecule has 0 unspecified atom stereocenters. The standard InChI is InChI=1S/C25H37N/c1-5-8-14-22-15-11-16-24(19(22)4)23(7-3)25(26)21(6-2)18-17-20-12-9-10-13-20/h6-7,11,15-16,20,26H,5,8-10,12-14,17-18H2,1-4H3. The molecule has 1 aliphatic rings. The Labute approximate surface area is 161 Å². The number of hydrogen-bond acceptors (Lipinski definition) is 1. The molecule has 0 bridgehead atoms. The Morgan fingerprint density at radius 3 is 2.50 bits per heavy atom. The zero-order valence-electron chi connectivity index (χ0n) is 17.3. The fraction of sp³-hybridized carbons (Fsp3) is 0.560. The summed E-state index contributed by atoms with van der Waals surface area (Å²) in [6.45, 7) is 8.64. The molecule has 0 aromatic heterocycles. The minimum Gasteiger partial charge on any atom is -0.300 e. The van der Waals surface area contributed by atoms with Gasteiger partial charge in [-0.15, -0.1) is 0 Å². The lowest BCUT2D eigenvalue weighted by Gasteiger charge is -2.18. The maximum absolute atomic E-state index is 8.88. The van der Waals surface area contributed by atoms with Crippen molar-refractivity contribution in [3.05, 3.63) is 52.6 Å². The Morgan fingerprint density at radius 1 is 1.15 bits per heavy atom. The molecular formula is C25H37N. The number of unbranched alkanes of at least 4 members (excludes halogenated alkanes) is 1. The van der Waals surface area contributed by atoms with Gasteiger partial charge in [-0.3, -0.25) is 5.41 Å². The summed E-state index contributed by atoms with van der Waals surface area (Å²) in [5.74, 6) is 0.880. The molecular weight excluding hydrogens is 314 g/mol. The van der Waals surface area contributed by atoms with Gasteiger partial charge in [0.15, 0.2) is 0 Å². The van der Waals surface area contributed by atoms with Crippen molar-refractivity contribution in [1.82, 2.24) is 0 Å². The molecule has 1 fully saturated rings. The lowest BCUT2D eigenvalue weighted by atomic mass is 9.87. The molecule has 1 aliphatic carbocycles. The molecule has 1 aromatic carbocycles. The summed E-state index contributed by atoms with van der Waals surface area (Å²) < 4.78 is 0. The Balaban J connectivity index is 2.17. The third kappa shape index (κ3) is 5.19. The lowest BCUT2D eigenvalue weighted by molar-refractivity contribution is 0.506. The zero-order chi connectivity index (χ0) is 18.9. The van der Waals surface area contributed by atoms with E-state index >= 15 is 0 Å². The van der Waals surface area contributed by atoms with E-state index in [1.807, 2.05) is 0 Å². The molecule has 1 heteroatoms. The highest BCUT2D eigenvalue weighted by Gasteiger charge is 2.18. The van der Waals surface area contributed by atoms with E-state index in [-0.39, 0.29) is 0 Å². The van der Waals surface area contributed by atoms with Gasteiger partial charge in [0.1, 0.15) is 0 Å². The van der Waals surface area contributed by atoms with Gasteiger partial charge in [-0.1, -0.05) is 69.4 Å². The van der Waals surface area contributed by atoms with Crippen LogP contribution in [0.2, 0.25) is 0 Å². The number of rotatable bonds is 9. The molecule has 1 saturated carbocycles. The summed E-state index contributed by atoms with van der Waals surface area (Å²) in [6.07, 6.45) is 15.8. The number of nitrogens with one attached hydrogen (secondary N) is 1. The van der Waals surface area contributed by atoms with E-state index in [1.165, 1.54) is 67.2 Å². The highest BCUT2D eigenvalue weighted by atomic mass is 14.4. The molecule has 26 heavy (non-hydrogen) atoms. The van der Waals surface area contributed by atoms with Crippen LogP contribution in [0.5, 0.6) is 0 Å². The minimum absolute atomic E-state index is 0.726. The van der Waals surface area contributed by atoms with Gasteiger partial charge in [0.2, 0.25) is 0 Å². The van der Waals surface area contributed by atoms with Gasteiger partial charge in [-0.2, -0.15) is 0 Å². The van der Waals surface area contributed by atoms with Gasteiger partial charge in [-0.25, -0.2) is 0 Å². The molecule has 1 aromatic rings. The summed E-state index contributed by atoms with van der Waals surface area (Å²) in [7, 11) is 0. The summed E-state index contributed by atoms with van der Waals surface area (Å²) in [5, 5.41) is 8.88. The highest BCUT2D eigenvalue weighted by molar-refractivity contribution is 6.30. The first kappa shape index (κ1) is 20.7. The Morgan fingerprint density at radius 2 is 1.88 bits per heavy atom. The van der Waals surface area contributed by atoms with E-state index in [1.54, 1.807) is 0 Å². The average Bonchev–Trinajstić information content (AvgIpc) is 3.17. The summed E-state index contributed by atoms with van der Waals surface area (Å²) >= 11 is 0. The maximum Gasteiger partial charge on any atom is 0.0643 e. The number of allylic oxidation sites excluding steroid dienone is 4. The largest absolute Gasteiger partial charge is 0.300 e. The molecule has 0 saturated heterocycles. The van der Waals surface area contributed by atoms with Crippen molar-refractivity contribution >= 4 is 11.3 Å². The van der Waals surface area contributed by atoms with Gasteiger partial charge in [0, 0.05) is 5.57 Å². The molecule has 1 nitrogen and oxygen atoms in total. The Bertz CT molecular complexity index is 657. The van der Waals surface area contributed by atoms with Gasteiger partial charge in [0.25, 0.3) is 0 Å². The first-order chi connectivity index (χ1) is 12.6. The SMILES string of the molecule is CC=C(CCC1CCCC1)C(=N)C(=CC)c1cccc(CCCC)c1C. The average molecular weight is 352 g/mol. The van der Waals surface area contributed by atoms with Crippen LogP contribution in [-0.4, -0.2) is 5.71 Å². The molecule has 0 heterocycles. The van der Waals surface area contributed by atoms with E-state index in [9.17, 15) is 0 Å². The second-order valence-corrected chi connectivity index (χ2v) is 7.77. The minimum atomic E-state index is 0.726. The second-order valence-electron chi connectivity index (χ2n) is 7.77. The van der Waals surface area contributed by atoms with Crippen LogP contribution in [0.1, 0.15) is 88.8 Å². The second kappa shape index (κ2) is 10.5. The van der Waals surface area contributed by atoms with Crippen molar-refractivity contribution in [1.29, 1.82) is 5.41 Å². The van der Waals surface area contributed by atoms with E-state index in [0.717, 1.165) is 30.0 Å². The van der Waals surface area contributed by atoms with Crippen LogP contribution in [0.3, 0.4) is 0 Å². The number of hydrogen-bond donors (Lipinski definition) is 1. The van der Waals surface area contributed by atoms with E-state index in [2.05, 4.69) is 58.0 Å². The van der Waals surface area contributed by atoms with Gasteiger partial charge < -0.3 is 0 Å². The molecule has 0 aliphatic heterocycles. The topological polar surface area (TPSA) is 23.9 Å². The quantitative estimate of drug-likeness (QED) is 0.441. The van der Waals surface area contributed by atoms with Gasteiger partial charge in [-0.05, 0) is 74.6 Å². The van der Waals surface area contributed by atoms with E-state index in [0.29, 0.717) is 0 Å². The number of benzene rings is 1. The first-order valence-corrected chi connectivity index (χ1v) is 10.6. The van der Waals surface area contributed by atoms with Gasteiger partial charge in [0.05, 0.1) is 5.71 Å². The summed E-state index contributed by atoms with van der Waals surface area (Å²) in [4.78, 5) is 0. The fourth-order valence-corrected chi connectivity index (χ4v) is 4.29. The van der Waals surface area contributed by atoms with Crippen molar-refractivity contribution in [2.45, 2.75) is 85.5 Å². The molecule has 1 N–H and O–H groups in total. The predicted molar refractivity (Wildman–Crippen MR) is 116 cm³/mol. The number of aryl methyl sites for hydroxylation is 1. The fourth-order valence-electron chi connectivity index (χ4n) is 4.29. The van der Waals surface area contributed by atoms with Gasteiger partial charge >= 0.3 is 0 Å². The normalized spacial score (nSPS) is 16.3. The molecule has 0 radical (unpaired) electrons. The van der Waals surface area contributed by atoms with E-state index in [4.69, 9.17) is 5.41 Å². The van der Waals surface area contributed by atoms with Crippen molar-refractivity contribution in [3.8, 4) is 0 Å². The third-order valence-corrected chi connectivity index (χ3v) is 6.06. The third-order valence-electron chi connectivity index (χ3n) is 6.06. The van der Waals surface area contributed by atoms with Crippen LogP contribution in [0.15, 0.2) is 35.9 Å². The smallest absolute Gasteiger partial charge is 0.0643 e. The van der Waals surface area contributed by atoms with E-state index < -0.39 is 0 Å². The van der Waals surface area contributed by atoms with Crippen LogP contribution < -0.4 is 0 Å². The molecule has 2 rings (SSSR count). The lowest BCUT2D eigenvalue weighted by Crippen LogP contribution is -2.08. The van der Waals surface area contributed by atoms with Crippen LogP contribution >= 0.6 is 0 Å². The first-order valence-electron chi connectivity index (χ1n) is 10.6. The molecule has 142 valence electrons. The van der Waals surface area contributed by atoms with Crippen LogP contribution in [0, 0.1) is 18.3 Å². The molecule has 0 atom stereocenters. The summed E-state index contributed by atoms with van der Waals surface area (Å²) in [6, 6.07) is 6.61. The van der Waals surface area contributed by atoms with Crippen LogP contribution in [-0.2, 0) is 6.42 Å². The van der Waals surface area contributed by atoms with Crippen LogP contribution in [0.25, 0.3) is 5.57 Å². The summed E-state index contributed by atoms with van der Waals surface area (Å²) in [5.41, 5.74) is 7.06. The van der Waals surface area contributed by atoms with Crippen LogP contribution in [0.4, 0.5) is 0 Å². The highest BCUT2D eigenvalue weighted by Crippen LogP contribution is 2.32. The van der Waals surface area contributed by atoms with Crippen molar-refractivity contribution in [2.75, 3.05) is 0 Å². The van der Waals surface area contributed by atoms with Crippen molar-refractivity contribution in [3.63, 3.8) is 0 Å². The Kier molecular flexibility index (Phi) is 8.35. The Hall–Kier alpha value is -1.63. The molecule has 0 spiro atoms. The zero-order valence-corrected chi connectivity index (χ0v) is 17.3. The maximum atomic E-state index is 8.88. The monoisotopic (exact) mass is 351 g/mol. The van der Waals surface area contributed by atoms with Crippen molar-refractivity contribution < 1.29 is 0 Å². The molecule has 0 amide bonds. The predicted octanol–water partition coefficient (Wildman–Crippen LogP) is 7.68.